The fraction of sp³-hybridized carbons (Fsp3) is 0.481. The molecule has 6 rings (SSSR count). The lowest BCUT2D eigenvalue weighted by Gasteiger charge is -2.52. The number of rotatable bonds is 6. The van der Waals surface area contributed by atoms with Gasteiger partial charge in [0, 0.05) is 36.3 Å². The van der Waals surface area contributed by atoms with Crippen LogP contribution in [-0.4, -0.2) is 53.3 Å². The van der Waals surface area contributed by atoms with Crippen molar-refractivity contribution in [1.82, 2.24) is 20.5 Å². The molecule has 1 aromatic heterocycles. The average molecular weight is 478 g/mol. The summed E-state index contributed by atoms with van der Waals surface area (Å²) in [4.78, 5) is 7.24. The van der Waals surface area contributed by atoms with Crippen molar-refractivity contribution in [2.75, 3.05) is 20.2 Å². The second-order valence-electron chi connectivity index (χ2n) is 9.84. The third-order valence-electron chi connectivity index (χ3n) is 7.94. The first kappa shape index (κ1) is 23.3. The highest BCUT2D eigenvalue weighted by atomic mass is 32.1. The molecule has 4 aliphatic rings. The Balaban J connectivity index is 1.48. The summed E-state index contributed by atoms with van der Waals surface area (Å²) in [6.45, 7) is 6.27. The predicted molar refractivity (Wildman–Crippen MR) is 142 cm³/mol. The van der Waals surface area contributed by atoms with Crippen LogP contribution in [0.25, 0.3) is 10.9 Å². The van der Waals surface area contributed by atoms with E-state index in [-0.39, 0.29) is 18.1 Å². The molecule has 4 unspecified atom stereocenters. The number of methoxy groups -OCH3 is 1. The van der Waals surface area contributed by atoms with Gasteiger partial charge >= 0.3 is 0 Å². The molecule has 180 valence electrons. The Bertz CT molecular complexity index is 1090. The van der Waals surface area contributed by atoms with Crippen LogP contribution >= 0.6 is 12.2 Å². The summed E-state index contributed by atoms with van der Waals surface area (Å²) >= 11 is 5.86. The molecule has 7 heteroatoms. The van der Waals surface area contributed by atoms with Crippen LogP contribution in [0.15, 0.2) is 55.3 Å². The number of thiocarbonyl (C=S) groups is 1. The van der Waals surface area contributed by atoms with Gasteiger partial charge in [0.15, 0.2) is 5.11 Å². The van der Waals surface area contributed by atoms with Gasteiger partial charge in [0.1, 0.15) is 5.75 Å². The summed E-state index contributed by atoms with van der Waals surface area (Å²) in [7, 11) is 1.70. The van der Waals surface area contributed by atoms with Crippen molar-refractivity contribution in [3.63, 3.8) is 0 Å². The van der Waals surface area contributed by atoms with E-state index in [0.29, 0.717) is 23.0 Å². The monoisotopic (exact) mass is 477 g/mol. The van der Waals surface area contributed by atoms with E-state index in [1.165, 1.54) is 12.0 Å². The van der Waals surface area contributed by atoms with Gasteiger partial charge in [-0.05, 0) is 86.1 Å². The molecule has 0 saturated carbocycles. The number of piperidine rings is 3. The maximum Gasteiger partial charge on any atom is 0.167 e. The SMILES string of the molecule is C=CC1CN2CCC1C[C@H]2[C@@H](NC(=S)NC1CC=CC[C@@H]1N)c1ccnc2ccc(OC)cc12. The molecule has 7 atom stereocenters. The minimum Gasteiger partial charge on any atom is -0.497 e. The van der Waals surface area contributed by atoms with Crippen LogP contribution in [0.5, 0.6) is 5.75 Å². The zero-order valence-corrected chi connectivity index (χ0v) is 20.6. The highest BCUT2D eigenvalue weighted by Gasteiger charge is 2.43. The normalized spacial score (nSPS) is 31.1. The van der Waals surface area contributed by atoms with Crippen molar-refractivity contribution in [1.29, 1.82) is 0 Å². The Kier molecular flexibility index (Phi) is 6.86. The van der Waals surface area contributed by atoms with Crippen LogP contribution in [0.2, 0.25) is 0 Å². The molecule has 4 N–H and O–H groups in total. The summed E-state index contributed by atoms with van der Waals surface area (Å²) in [6, 6.07) is 8.80. The topological polar surface area (TPSA) is 75.4 Å². The fourth-order valence-electron chi connectivity index (χ4n) is 6.00. The van der Waals surface area contributed by atoms with Gasteiger partial charge < -0.3 is 21.1 Å². The van der Waals surface area contributed by atoms with Crippen LogP contribution < -0.4 is 21.1 Å². The van der Waals surface area contributed by atoms with Crippen LogP contribution in [0.1, 0.15) is 37.3 Å². The molecule has 3 fully saturated rings. The molecule has 3 saturated heterocycles. The second kappa shape index (κ2) is 10.0. The Morgan fingerprint density at radius 1 is 1.32 bits per heavy atom. The molecule has 0 spiro atoms. The zero-order valence-electron chi connectivity index (χ0n) is 19.8. The number of pyridine rings is 1. The Morgan fingerprint density at radius 3 is 2.91 bits per heavy atom. The Labute approximate surface area is 207 Å². The van der Waals surface area contributed by atoms with Crippen molar-refractivity contribution < 1.29 is 4.74 Å². The molecule has 1 aromatic carbocycles. The first-order valence-corrected chi connectivity index (χ1v) is 12.7. The van der Waals surface area contributed by atoms with Crippen molar-refractivity contribution in [3.8, 4) is 5.75 Å². The predicted octanol–water partition coefficient (Wildman–Crippen LogP) is 3.69. The molecule has 2 aromatic rings. The molecule has 0 amide bonds. The van der Waals surface area contributed by atoms with Gasteiger partial charge in [-0.2, -0.15) is 0 Å². The molecule has 34 heavy (non-hydrogen) atoms. The largest absolute Gasteiger partial charge is 0.497 e. The van der Waals surface area contributed by atoms with E-state index in [4.69, 9.17) is 22.7 Å². The van der Waals surface area contributed by atoms with E-state index >= 15 is 0 Å². The number of hydrogen-bond donors (Lipinski definition) is 3. The van der Waals surface area contributed by atoms with Gasteiger partial charge in [0.25, 0.3) is 0 Å². The molecule has 4 heterocycles. The first-order chi connectivity index (χ1) is 16.6. The summed E-state index contributed by atoms with van der Waals surface area (Å²) in [6.07, 6.45) is 12.5. The summed E-state index contributed by atoms with van der Waals surface area (Å²) < 4.78 is 5.55. The van der Waals surface area contributed by atoms with Crippen LogP contribution in [-0.2, 0) is 0 Å². The van der Waals surface area contributed by atoms with Gasteiger partial charge in [-0.3, -0.25) is 9.88 Å². The van der Waals surface area contributed by atoms with E-state index in [2.05, 4.69) is 57.5 Å². The van der Waals surface area contributed by atoms with Crippen molar-refractivity contribution in [2.45, 2.75) is 49.9 Å². The Morgan fingerprint density at radius 2 is 2.18 bits per heavy atom. The molecular formula is C27H35N5OS. The number of ether oxygens (including phenoxy) is 1. The number of nitrogens with two attached hydrogens (primary N) is 1. The quantitative estimate of drug-likeness (QED) is 0.433. The summed E-state index contributed by atoms with van der Waals surface area (Å²) in [5.74, 6) is 2.06. The number of aromatic nitrogens is 1. The maximum atomic E-state index is 6.36. The van der Waals surface area contributed by atoms with E-state index in [1.54, 1.807) is 7.11 Å². The molecule has 3 aliphatic heterocycles. The number of hydrogen-bond acceptors (Lipinski definition) is 5. The lowest BCUT2D eigenvalue weighted by Crippen LogP contribution is -2.59. The molecule has 2 bridgehead atoms. The van der Waals surface area contributed by atoms with Crippen molar-refractivity contribution in [3.05, 3.63) is 60.8 Å². The number of nitrogens with one attached hydrogen (secondary N) is 2. The Hall–Kier alpha value is -2.48. The molecule has 6 nitrogen and oxygen atoms in total. The average Bonchev–Trinajstić information content (AvgIpc) is 2.88. The van der Waals surface area contributed by atoms with Gasteiger partial charge in [-0.25, -0.2) is 0 Å². The number of fused-ring (bicyclic) bond motifs is 4. The zero-order chi connectivity index (χ0) is 23.7. The molecule has 0 radical (unpaired) electrons. The van der Waals surface area contributed by atoms with Crippen LogP contribution in [0, 0.1) is 11.8 Å². The van der Waals surface area contributed by atoms with E-state index in [0.717, 1.165) is 49.0 Å². The van der Waals surface area contributed by atoms with E-state index < -0.39 is 0 Å². The highest BCUT2D eigenvalue weighted by Crippen LogP contribution is 2.42. The molecular weight excluding hydrogens is 442 g/mol. The fourth-order valence-corrected chi connectivity index (χ4v) is 6.28. The lowest BCUT2D eigenvalue weighted by molar-refractivity contribution is 0.00426. The highest BCUT2D eigenvalue weighted by molar-refractivity contribution is 7.80. The van der Waals surface area contributed by atoms with Crippen molar-refractivity contribution >= 4 is 28.2 Å². The smallest absolute Gasteiger partial charge is 0.167 e. The lowest BCUT2D eigenvalue weighted by atomic mass is 9.73. The van der Waals surface area contributed by atoms with E-state index in [1.807, 2.05) is 18.3 Å². The van der Waals surface area contributed by atoms with E-state index in [9.17, 15) is 0 Å². The maximum absolute atomic E-state index is 6.36. The van der Waals surface area contributed by atoms with Crippen LogP contribution in [0.3, 0.4) is 0 Å². The minimum absolute atomic E-state index is 0.0292. The third-order valence-corrected chi connectivity index (χ3v) is 8.18. The van der Waals surface area contributed by atoms with Gasteiger partial charge in [0.2, 0.25) is 0 Å². The van der Waals surface area contributed by atoms with Gasteiger partial charge in [-0.15, -0.1) is 6.58 Å². The van der Waals surface area contributed by atoms with Crippen molar-refractivity contribution in [2.24, 2.45) is 17.6 Å². The summed E-state index contributed by atoms with van der Waals surface area (Å²) in [5.41, 5.74) is 8.52. The minimum atomic E-state index is 0.0292. The number of benzene rings is 1. The first-order valence-electron chi connectivity index (χ1n) is 12.3. The standard InChI is InChI=1S/C27H35N5OS/c1-3-17-16-32-13-11-18(17)14-25(32)26(31-27(34)30-24-7-5-4-6-22(24)28)20-10-12-29-23-9-8-19(33-2)15-21(20)23/h3-5,8-10,12,15,17-18,22,24-26H,1,6-7,11,13-14,16,28H2,2H3,(H2,30,31,34)/t17?,18?,22-,24?,25-,26-/m0/s1. The summed E-state index contributed by atoms with van der Waals surface area (Å²) in [5, 5.41) is 9.00. The second-order valence-corrected chi connectivity index (χ2v) is 10.2. The van der Waals surface area contributed by atoms with Crippen LogP contribution in [0.4, 0.5) is 0 Å². The molecule has 1 aliphatic carbocycles. The number of nitrogens with zero attached hydrogens (tertiary/aromatic N) is 2. The van der Waals surface area contributed by atoms with Gasteiger partial charge in [0.05, 0.1) is 18.7 Å². The third kappa shape index (κ3) is 4.57. The van der Waals surface area contributed by atoms with Gasteiger partial charge in [-0.1, -0.05) is 18.2 Å².